The molecule has 12 heavy (non-hydrogen) atoms. The first kappa shape index (κ1) is 17.5. The Morgan fingerprint density at radius 3 is 2.08 bits per heavy atom. The quantitative estimate of drug-likeness (QED) is 0.448. The number of nitrogens with one attached hydrogen (secondary N) is 2. The van der Waals surface area contributed by atoms with Crippen molar-refractivity contribution < 1.29 is 0 Å². The monoisotopic (exact) mass is 191 g/mol. The van der Waals surface area contributed by atoms with Crippen LogP contribution in [-0.2, 0) is 0 Å². The lowest BCUT2D eigenvalue weighted by Crippen LogP contribution is -2.32. The fourth-order valence-corrected chi connectivity index (χ4v) is 0.429. The Morgan fingerprint density at radius 2 is 1.83 bits per heavy atom. The largest absolute Gasteiger partial charge is 0.366 e. The molecule has 0 fully saturated rings. The summed E-state index contributed by atoms with van der Waals surface area (Å²) in [4.78, 5) is 0. The first-order valence-electron chi connectivity index (χ1n) is 3.84. The van der Waals surface area contributed by atoms with E-state index < -0.39 is 0 Å². The molecule has 4 heteroatoms. The Morgan fingerprint density at radius 1 is 1.42 bits per heavy atom. The van der Waals surface area contributed by atoms with Gasteiger partial charge in [-0.15, -0.1) is 13.2 Å². The normalized spacial score (nSPS) is 6.33. The van der Waals surface area contributed by atoms with Crippen LogP contribution in [0.15, 0.2) is 13.2 Å². The van der Waals surface area contributed by atoms with Gasteiger partial charge in [0.1, 0.15) is 0 Å². The third-order valence-corrected chi connectivity index (χ3v) is 1.11. The van der Waals surface area contributed by atoms with Crippen molar-refractivity contribution in [2.45, 2.75) is 13.3 Å². The van der Waals surface area contributed by atoms with Crippen molar-refractivity contribution in [1.82, 2.24) is 10.6 Å². The molecular formula is C8H21N3S. The minimum absolute atomic E-state index is 0.729. The third-order valence-electron chi connectivity index (χ3n) is 0.763. The summed E-state index contributed by atoms with van der Waals surface area (Å²) in [6.07, 6.45) is 1.11. The van der Waals surface area contributed by atoms with Crippen LogP contribution in [0.5, 0.6) is 0 Å². The molecule has 0 radical (unpaired) electrons. The minimum atomic E-state index is 0.729. The van der Waals surface area contributed by atoms with E-state index in [1.807, 2.05) is 7.05 Å². The molecule has 0 aromatic heterocycles. The Kier molecular flexibility index (Phi) is 32.7. The van der Waals surface area contributed by atoms with Crippen LogP contribution in [0.25, 0.3) is 0 Å². The summed E-state index contributed by atoms with van der Waals surface area (Å²) in [5.41, 5.74) is 4.50. The SMILES string of the molecule is C=C.CCCNC(=S)NC.CN. The van der Waals surface area contributed by atoms with E-state index in [0.29, 0.717) is 0 Å². The summed E-state index contributed by atoms with van der Waals surface area (Å²) in [5, 5.41) is 6.55. The molecule has 0 heterocycles. The van der Waals surface area contributed by atoms with Crippen molar-refractivity contribution in [3.05, 3.63) is 13.2 Å². The zero-order valence-corrected chi connectivity index (χ0v) is 9.13. The van der Waals surface area contributed by atoms with Crippen molar-refractivity contribution in [3.8, 4) is 0 Å². The molecule has 0 bridgehead atoms. The molecule has 0 unspecified atom stereocenters. The molecule has 0 saturated carbocycles. The van der Waals surface area contributed by atoms with Crippen LogP contribution in [0.4, 0.5) is 0 Å². The Balaban J connectivity index is -0.000000175. The van der Waals surface area contributed by atoms with Crippen LogP contribution >= 0.6 is 12.2 Å². The first-order chi connectivity index (χ1) is 5.81. The maximum atomic E-state index is 4.80. The van der Waals surface area contributed by atoms with Crippen molar-refractivity contribution >= 4 is 17.3 Å². The number of thiocarbonyl (C=S) groups is 1. The van der Waals surface area contributed by atoms with Gasteiger partial charge < -0.3 is 16.4 Å². The van der Waals surface area contributed by atoms with Crippen LogP contribution in [0.3, 0.4) is 0 Å². The Bertz CT molecular complexity index is 86.4. The predicted octanol–water partition coefficient (Wildman–Crippen LogP) is 0.867. The molecule has 0 spiro atoms. The summed E-state index contributed by atoms with van der Waals surface area (Å²) in [5.74, 6) is 0. The van der Waals surface area contributed by atoms with E-state index in [-0.39, 0.29) is 0 Å². The molecule has 74 valence electrons. The summed E-state index contributed by atoms with van der Waals surface area (Å²) in [6.45, 7) is 9.06. The van der Waals surface area contributed by atoms with Gasteiger partial charge in [-0.1, -0.05) is 6.92 Å². The lowest BCUT2D eigenvalue weighted by atomic mass is 10.5. The standard InChI is InChI=1S/C5H12N2S.C2H4.CH5N/c1-3-4-7-5(8)6-2;2*1-2/h3-4H2,1-2H3,(H2,6,7,8);1-2H2;2H2,1H3. The zero-order valence-electron chi connectivity index (χ0n) is 8.31. The molecule has 0 saturated heterocycles. The number of hydrogen-bond donors (Lipinski definition) is 3. The topological polar surface area (TPSA) is 50.1 Å². The molecule has 0 atom stereocenters. The molecule has 0 aliphatic heterocycles. The van der Waals surface area contributed by atoms with Gasteiger partial charge in [0.05, 0.1) is 0 Å². The second-order valence-electron chi connectivity index (χ2n) is 1.51. The highest BCUT2D eigenvalue weighted by Gasteiger charge is 1.84. The van der Waals surface area contributed by atoms with Crippen molar-refractivity contribution in [2.75, 3.05) is 20.6 Å². The van der Waals surface area contributed by atoms with Gasteiger partial charge in [-0.25, -0.2) is 0 Å². The summed E-state index contributed by atoms with van der Waals surface area (Å²) in [7, 11) is 3.31. The van der Waals surface area contributed by atoms with Crippen LogP contribution in [0.1, 0.15) is 13.3 Å². The number of nitrogens with two attached hydrogens (primary N) is 1. The average Bonchev–Trinajstić information content (AvgIpc) is 2.20. The Labute approximate surface area is 81.4 Å². The van der Waals surface area contributed by atoms with Gasteiger partial charge in [-0.3, -0.25) is 0 Å². The fraction of sp³-hybridized carbons (Fsp3) is 0.625. The van der Waals surface area contributed by atoms with Gasteiger partial charge in [-0.05, 0) is 25.7 Å². The van der Waals surface area contributed by atoms with Gasteiger partial charge >= 0.3 is 0 Å². The predicted molar refractivity (Wildman–Crippen MR) is 61.3 cm³/mol. The van der Waals surface area contributed by atoms with Gasteiger partial charge in [-0.2, -0.15) is 0 Å². The van der Waals surface area contributed by atoms with Crippen LogP contribution in [0.2, 0.25) is 0 Å². The number of rotatable bonds is 2. The van der Waals surface area contributed by atoms with Gasteiger partial charge in [0.2, 0.25) is 0 Å². The van der Waals surface area contributed by atoms with Gasteiger partial charge in [0.15, 0.2) is 5.11 Å². The maximum Gasteiger partial charge on any atom is 0.166 e. The fourth-order valence-electron chi connectivity index (χ4n) is 0.327. The number of hydrogen-bond acceptors (Lipinski definition) is 2. The second-order valence-corrected chi connectivity index (χ2v) is 1.91. The van der Waals surface area contributed by atoms with E-state index in [1.54, 1.807) is 0 Å². The highest BCUT2D eigenvalue weighted by molar-refractivity contribution is 7.80. The molecule has 0 rings (SSSR count). The van der Waals surface area contributed by atoms with E-state index in [2.05, 4.69) is 36.4 Å². The molecule has 0 aliphatic rings. The Hall–Kier alpha value is -0.610. The molecule has 0 aromatic rings. The lowest BCUT2D eigenvalue weighted by Gasteiger charge is -2.02. The van der Waals surface area contributed by atoms with Crippen molar-refractivity contribution in [2.24, 2.45) is 5.73 Å². The second kappa shape index (κ2) is 22.4. The van der Waals surface area contributed by atoms with Gasteiger partial charge in [0.25, 0.3) is 0 Å². The van der Waals surface area contributed by atoms with Crippen LogP contribution in [0, 0.1) is 0 Å². The van der Waals surface area contributed by atoms with Crippen molar-refractivity contribution in [1.29, 1.82) is 0 Å². The first-order valence-corrected chi connectivity index (χ1v) is 4.25. The maximum absolute atomic E-state index is 4.80. The van der Waals surface area contributed by atoms with E-state index in [4.69, 9.17) is 12.2 Å². The molecule has 0 amide bonds. The molecule has 0 aliphatic carbocycles. The highest BCUT2D eigenvalue weighted by atomic mass is 32.1. The minimum Gasteiger partial charge on any atom is -0.366 e. The zero-order chi connectivity index (χ0) is 10.4. The van der Waals surface area contributed by atoms with E-state index in [9.17, 15) is 0 Å². The van der Waals surface area contributed by atoms with E-state index >= 15 is 0 Å². The molecular weight excluding hydrogens is 170 g/mol. The average molecular weight is 191 g/mol. The summed E-state index contributed by atoms with van der Waals surface area (Å²) in [6, 6.07) is 0. The van der Waals surface area contributed by atoms with Crippen LogP contribution < -0.4 is 16.4 Å². The van der Waals surface area contributed by atoms with Crippen molar-refractivity contribution in [3.63, 3.8) is 0 Å². The van der Waals surface area contributed by atoms with E-state index in [1.165, 1.54) is 7.05 Å². The lowest BCUT2D eigenvalue weighted by molar-refractivity contribution is 0.828. The summed E-state index contributed by atoms with van der Waals surface area (Å²) < 4.78 is 0. The molecule has 4 N–H and O–H groups in total. The third kappa shape index (κ3) is 22.8. The van der Waals surface area contributed by atoms with Crippen LogP contribution in [-0.4, -0.2) is 25.8 Å². The smallest absolute Gasteiger partial charge is 0.166 e. The molecule has 3 nitrogen and oxygen atoms in total. The summed E-state index contributed by atoms with van der Waals surface area (Å²) >= 11 is 4.80. The highest BCUT2D eigenvalue weighted by Crippen LogP contribution is 1.68. The van der Waals surface area contributed by atoms with E-state index in [0.717, 1.165) is 18.1 Å². The van der Waals surface area contributed by atoms with Gasteiger partial charge in [0, 0.05) is 13.6 Å². The molecule has 0 aromatic carbocycles.